The monoisotopic (exact) mass is 372 g/mol. The van der Waals surface area contributed by atoms with E-state index in [9.17, 15) is 9.90 Å². The van der Waals surface area contributed by atoms with Crippen molar-refractivity contribution in [2.24, 2.45) is 0 Å². The van der Waals surface area contributed by atoms with E-state index in [1.54, 1.807) is 18.2 Å². The van der Waals surface area contributed by atoms with Crippen molar-refractivity contribution in [2.45, 2.75) is 25.7 Å². The van der Waals surface area contributed by atoms with Gasteiger partial charge in [0.2, 0.25) is 5.88 Å². The fraction of sp³-hybridized carbons (Fsp3) is 0.250. The smallest absolute Gasteiger partial charge is 0.254 e. The summed E-state index contributed by atoms with van der Waals surface area (Å²) in [4.78, 5) is 20.5. The number of ketones is 1. The molecule has 0 amide bonds. The lowest BCUT2D eigenvalue weighted by molar-refractivity contribution is -0.111. The van der Waals surface area contributed by atoms with Crippen LogP contribution in [0, 0.1) is 0 Å². The van der Waals surface area contributed by atoms with Crippen molar-refractivity contribution >= 4 is 33.6 Å². The van der Waals surface area contributed by atoms with E-state index in [2.05, 4.69) is 31.0 Å². The Morgan fingerprint density at radius 3 is 2.78 bits per heavy atom. The average Bonchev–Trinajstić information content (AvgIpc) is 2.84. The number of imidazole rings is 1. The number of rotatable bonds is 1. The van der Waals surface area contributed by atoms with Crippen molar-refractivity contribution in [3.8, 4) is 5.88 Å². The normalized spacial score (nSPS) is 19.3. The number of carbonyl (C=O) groups excluding carboxylic acids is 1. The summed E-state index contributed by atoms with van der Waals surface area (Å²) in [6.45, 7) is 0. The SMILES string of the molecule is O=C1C=CC(Br)=CC1=Cc1c(O)nc2nc3c(nn12)CCCC3. The first-order chi connectivity index (χ1) is 11.1. The fourth-order valence-corrected chi connectivity index (χ4v) is 3.20. The van der Waals surface area contributed by atoms with Gasteiger partial charge in [0.25, 0.3) is 5.78 Å². The molecule has 0 radical (unpaired) electrons. The van der Waals surface area contributed by atoms with Gasteiger partial charge in [0.1, 0.15) is 5.69 Å². The summed E-state index contributed by atoms with van der Waals surface area (Å²) in [6.07, 6.45) is 10.4. The molecule has 2 heterocycles. The molecule has 0 aromatic carbocycles. The molecule has 0 saturated carbocycles. The zero-order valence-corrected chi connectivity index (χ0v) is 13.7. The van der Waals surface area contributed by atoms with Crippen LogP contribution in [-0.4, -0.2) is 30.5 Å². The number of hydrogen-bond donors (Lipinski definition) is 1. The van der Waals surface area contributed by atoms with Gasteiger partial charge in [-0.15, -0.1) is 0 Å². The molecule has 2 aromatic heterocycles. The van der Waals surface area contributed by atoms with Crippen LogP contribution in [0.25, 0.3) is 11.9 Å². The van der Waals surface area contributed by atoms with Gasteiger partial charge < -0.3 is 5.11 Å². The van der Waals surface area contributed by atoms with Crippen molar-refractivity contribution < 1.29 is 9.90 Å². The Bertz CT molecular complexity index is 924. The number of aromatic hydroxyl groups is 1. The van der Waals surface area contributed by atoms with Crippen LogP contribution in [0.15, 0.2) is 28.3 Å². The Labute approximate surface area is 140 Å². The summed E-state index contributed by atoms with van der Waals surface area (Å²) in [7, 11) is 0. The molecule has 7 heteroatoms. The van der Waals surface area contributed by atoms with Crippen molar-refractivity contribution in [2.75, 3.05) is 0 Å². The molecule has 6 nitrogen and oxygen atoms in total. The fourth-order valence-electron chi connectivity index (χ4n) is 2.82. The number of allylic oxidation sites excluding steroid dienone is 5. The predicted octanol–water partition coefficient (Wildman–Crippen LogP) is 2.51. The number of halogens is 1. The van der Waals surface area contributed by atoms with Crippen molar-refractivity contribution in [1.29, 1.82) is 0 Å². The van der Waals surface area contributed by atoms with Gasteiger partial charge in [0.15, 0.2) is 5.78 Å². The van der Waals surface area contributed by atoms with E-state index >= 15 is 0 Å². The van der Waals surface area contributed by atoms with Gasteiger partial charge in [-0.3, -0.25) is 4.79 Å². The lowest BCUT2D eigenvalue weighted by Gasteiger charge is -2.13. The quantitative estimate of drug-likeness (QED) is 0.777. The van der Waals surface area contributed by atoms with E-state index in [0.29, 0.717) is 17.0 Å². The standard InChI is InChI=1S/C16H13BrN4O2/c17-10-5-6-14(22)9(7-10)8-13-15(23)19-16-18-11-3-1-2-4-12(11)20-21(13)16/h5-8,23H,1-4H2. The van der Waals surface area contributed by atoms with Gasteiger partial charge in [0, 0.05) is 10.1 Å². The maximum atomic E-state index is 12.0. The molecule has 0 bridgehead atoms. The largest absolute Gasteiger partial charge is 0.492 e. The molecule has 2 aliphatic rings. The first kappa shape index (κ1) is 14.3. The summed E-state index contributed by atoms with van der Waals surface area (Å²) >= 11 is 3.35. The van der Waals surface area contributed by atoms with E-state index in [-0.39, 0.29) is 11.7 Å². The number of aromatic nitrogens is 4. The van der Waals surface area contributed by atoms with Gasteiger partial charge in [-0.25, -0.2) is 4.98 Å². The van der Waals surface area contributed by atoms with Gasteiger partial charge in [-0.05, 0) is 50.0 Å². The molecule has 0 unspecified atom stereocenters. The number of aryl methyl sites for hydroxylation is 2. The molecule has 1 N–H and O–H groups in total. The van der Waals surface area contributed by atoms with Crippen molar-refractivity contribution in [3.63, 3.8) is 0 Å². The molecule has 0 saturated heterocycles. The minimum atomic E-state index is -0.174. The number of hydrogen-bond acceptors (Lipinski definition) is 5. The molecule has 0 aliphatic heterocycles. The van der Waals surface area contributed by atoms with Crippen LogP contribution in [0.2, 0.25) is 0 Å². The zero-order valence-electron chi connectivity index (χ0n) is 12.2. The Kier molecular flexibility index (Phi) is 3.37. The lowest BCUT2D eigenvalue weighted by atomic mass is 10.0. The van der Waals surface area contributed by atoms with Crippen molar-refractivity contribution in [1.82, 2.24) is 19.6 Å². The van der Waals surface area contributed by atoms with Crippen LogP contribution >= 0.6 is 15.9 Å². The van der Waals surface area contributed by atoms with Gasteiger partial charge in [-0.2, -0.15) is 14.6 Å². The second-order valence-electron chi connectivity index (χ2n) is 5.57. The highest BCUT2D eigenvalue weighted by molar-refractivity contribution is 9.11. The molecule has 0 fully saturated rings. The van der Waals surface area contributed by atoms with E-state index < -0.39 is 0 Å². The van der Waals surface area contributed by atoms with E-state index in [1.807, 2.05) is 0 Å². The summed E-state index contributed by atoms with van der Waals surface area (Å²) < 4.78 is 2.31. The zero-order chi connectivity index (χ0) is 16.0. The summed E-state index contributed by atoms with van der Waals surface area (Å²) in [5.74, 6) is 0.0528. The minimum Gasteiger partial charge on any atom is -0.492 e. The third kappa shape index (κ3) is 2.50. The summed E-state index contributed by atoms with van der Waals surface area (Å²) in [6, 6.07) is 0. The Morgan fingerprint density at radius 1 is 1.17 bits per heavy atom. The van der Waals surface area contributed by atoms with Gasteiger partial charge in [-0.1, -0.05) is 15.9 Å². The van der Waals surface area contributed by atoms with E-state index in [0.717, 1.165) is 41.6 Å². The highest BCUT2D eigenvalue weighted by atomic mass is 79.9. The van der Waals surface area contributed by atoms with E-state index in [4.69, 9.17) is 0 Å². The van der Waals surface area contributed by atoms with Gasteiger partial charge >= 0.3 is 0 Å². The highest BCUT2D eigenvalue weighted by Gasteiger charge is 2.19. The Morgan fingerprint density at radius 2 is 1.96 bits per heavy atom. The van der Waals surface area contributed by atoms with Crippen LogP contribution in [-0.2, 0) is 17.6 Å². The Balaban J connectivity index is 1.88. The molecule has 2 aromatic rings. The third-order valence-corrected chi connectivity index (χ3v) is 4.48. The molecule has 0 atom stereocenters. The highest BCUT2D eigenvalue weighted by Crippen LogP contribution is 2.26. The molecular weight excluding hydrogens is 360 g/mol. The van der Waals surface area contributed by atoms with Crippen LogP contribution in [0.4, 0.5) is 0 Å². The average molecular weight is 373 g/mol. The second-order valence-corrected chi connectivity index (χ2v) is 6.49. The molecule has 2 aliphatic carbocycles. The minimum absolute atomic E-state index is 0.131. The molecule has 4 rings (SSSR count). The second kappa shape index (κ2) is 5.42. The predicted molar refractivity (Wildman–Crippen MR) is 88.2 cm³/mol. The molecule has 0 spiro atoms. The maximum Gasteiger partial charge on any atom is 0.254 e. The van der Waals surface area contributed by atoms with Gasteiger partial charge in [0.05, 0.1) is 11.4 Å². The first-order valence-electron chi connectivity index (χ1n) is 7.40. The lowest BCUT2D eigenvalue weighted by Crippen LogP contribution is -2.12. The van der Waals surface area contributed by atoms with Crippen LogP contribution in [0.5, 0.6) is 5.88 Å². The van der Waals surface area contributed by atoms with Crippen molar-refractivity contribution in [3.05, 3.63) is 45.4 Å². The summed E-state index contributed by atoms with van der Waals surface area (Å²) in [5.41, 5.74) is 2.71. The van der Waals surface area contributed by atoms with E-state index in [1.165, 1.54) is 10.6 Å². The number of nitrogens with zero attached hydrogens (tertiary/aromatic N) is 4. The molecule has 23 heavy (non-hydrogen) atoms. The maximum absolute atomic E-state index is 12.0. The number of carbonyl (C=O) groups is 1. The molecular formula is C16H13BrN4O2. The van der Waals surface area contributed by atoms with Crippen LogP contribution in [0.3, 0.4) is 0 Å². The molecule has 116 valence electrons. The van der Waals surface area contributed by atoms with Crippen LogP contribution in [0.1, 0.15) is 29.9 Å². The number of fused-ring (bicyclic) bond motifs is 2. The summed E-state index contributed by atoms with van der Waals surface area (Å²) in [5, 5.41) is 14.7. The first-order valence-corrected chi connectivity index (χ1v) is 8.20. The third-order valence-electron chi connectivity index (χ3n) is 3.98. The topological polar surface area (TPSA) is 80.4 Å². The van der Waals surface area contributed by atoms with Crippen LogP contribution < -0.4 is 0 Å². The Hall–Kier alpha value is -2.28.